The van der Waals surface area contributed by atoms with Crippen LogP contribution in [-0.2, 0) is 13.5 Å². The van der Waals surface area contributed by atoms with E-state index < -0.39 is 0 Å². The summed E-state index contributed by atoms with van der Waals surface area (Å²) >= 11 is 0. The molecule has 0 unspecified atom stereocenters. The molecule has 0 spiro atoms. The third-order valence-electron chi connectivity index (χ3n) is 4.10. The number of carbonyl (C=O) groups excluding carboxylic acids is 1. The molecule has 122 valence electrons. The molecule has 0 bridgehead atoms. The van der Waals surface area contributed by atoms with Crippen molar-refractivity contribution in [3.63, 3.8) is 0 Å². The second kappa shape index (κ2) is 7.17. The Kier molecular flexibility index (Phi) is 4.80. The van der Waals surface area contributed by atoms with Gasteiger partial charge in [-0.15, -0.1) is 0 Å². The molecule has 0 aliphatic carbocycles. The van der Waals surface area contributed by atoms with E-state index in [1.165, 1.54) is 5.69 Å². The number of aromatic nitrogens is 2. The van der Waals surface area contributed by atoms with Gasteiger partial charge in [-0.25, -0.2) is 4.79 Å². The molecule has 1 aliphatic heterocycles. The van der Waals surface area contributed by atoms with E-state index in [1.807, 2.05) is 37.6 Å². The summed E-state index contributed by atoms with van der Waals surface area (Å²) in [6, 6.07) is 10.4. The number of nitrogens with one attached hydrogen (secondary N) is 2. The van der Waals surface area contributed by atoms with E-state index in [2.05, 4.69) is 32.8 Å². The van der Waals surface area contributed by atoms with Crippen LogP contribution in [0.1, 0.15) is 12.0 Å². The van der Waals surface area contributed by atoms with Gasteiger partial charge in [-0.1, -0.05) is 18.2 Å². The Labute approximate surface area is 136 Å². The van der Waals surface area contributed by atoms with Gasteiger partial charge in [-0.05, 0) is 30.5 Å². The summed E-state index contributed by atoms with van der Waals surface area (Å²) in [5.74, 6) is 0. The van der Waals surface area contributed by atoms with Gasteiger partial charge >= 0.3 is 6.03 Å². The molecule has 1 aromatic carbocycles. The molecule has 2 heterocycles. The van der Waals surface area contributed by atoms with Crippen molar-refractivity contribution in [2.45, 2.75) is 18.9 Å². The maximum absolute atomic E-state index is 12.0. The number of para-hydroxylation sites is 1. The summed E-state index contributed by atoms with van der Waals surface area (Å²) in [6.07, 6.45) is 5.57. The van der Waals surface area contributed by atoms with Crippen molar-refractivity contribution in [2.24, 2.45) is 7.05 Å². The highest BCUT2D eigenvalue weighted by molar-refractivity contribution is 5.74. The Morgan fingerprint density at radius 2 is 2.17 bits per heavy atom. The van der Waals surface area contributed by atoms with Crippen LogP contribution in [0.15, 0.2) is 42.7 Å². The Bertz CT molecular complexity index is 639. The second-order valence-corrected chi connectivity index (χ2v) is 5.94. The Morgan fingerprint density at radius 3 is 2.91 bits per heavy atom. The molecule has 0 radical (unpaired) electrons. The summed E-state index contributed by atoms with van der Waals surface area (Å²) in [7, 11) is 1.89. The highest BCUT2D eigenvalue weighted by atomic mass is 16.2. The summed E-state index contributed by atoms with van der Waals surface area (Å²) in [4.78, 5) is 14.3. The standard InChI is InChI=1S/C17H23N5O/c1-21-12-14(11-19-21)7-9-18-17(23)20-15-8-10-22(13-15)16-5-3-2-4-6-16/h2-6,11-12,15H,7-10,13H2,1H3,(H2,18,20,23)/t15-/m0/s1. The van der Waals surface area contributed by atoms with Gasteiger partial charge in [0.2, 0.25) is 0 Å². The molecule has 6 heteroatoms. The van der Waals surface area contributed by atoms with E-state index >= 15 is 0 Å². The first kappa shape index (κ1) is 15.4. The third-order valence-corrected chi connectivity index (χ3v) is 4.10. The topological polar surface area (TPSA) is 62.2 Å². The molecule has 2 aromatic rings. The predicted molar refractivity (Wildman–Crippen MR) is 90.5 cm³/mol. The van der Waals surface area contributed by atoms with Gasteiger partial charge in [-0.3, -0.25) is 4.68 Å². The zero-order valence-electron chi connectivity index (χ0n) is 13.4. The predicted octanol–water partition coefficient (Wildman–Crippen LogP) is 1.54. The minimum Gasteiger partial charge on any atom is -0.369 e. The smallest absolute Gasteiger partial charge is 0.315 e. The molecular formula is C17H23N5O. The number of amides is 2. The zero-order valence-corrected chi connectivity index (χ0v) is 13.4. The van der Waals surface area contributed by atoms with Gasteiger partial charge in [0.05, 0.1) is 6.20 Å². The van der Waals surface area contributed by atoms with Crippen molar-refractivity contribution >= 4 is 11.7 Å². The molecule has 1 atom stereocenters. The van der Waals surface area contributed by atoms with Crippen LogP contribution >= 0.6 is 0 Å². The lowest BCUT2D eigenvalue weighted by molar-refractivity contribution is 0.238. The fraction of sp³-hybridized carbons (Fsp3) is 0.412. The van der Waals surface area contributed by atoms with Crippen LogP contribution < -0.4 is 15.5 Å². The van der Waals surface area contributed by atoms with Crippen LogP contribution in [0.4, 0.5) is 10.5 Å². The molecule has 0 saturated carbocycles. The Balaban J connectivity index is 1.39. The quantitative estimate of drug-likeness (QED) is 0.880. The van der Waals surface area contributed by atoms with Crippen molar-refractivity contribution in [3.8, 4) is 0 Å². The lowest BCUT2D eigenvalue weighted by Gasteiger charge is -2.19. The summed E-state index contributed by atoms with van der Waals surface area (Å²) in [5.41, 5.74) is 2.35. The number of nitrogens with zero attached hydrogens (tertiary/aromatic N) is 3. The van der Waals surface area contributed by atoms with Crippen LogP contribution in [0.2, 0.25) is 0 Å². The Hall–Kier alpha value is -2.50. The van der Waals surface area contributed by atoms with Crippen molar-refractivity contribution in [1.82, 2.24) is 20.4 Å². The van der Waals surface area contributed by atoms with Gasteiger partial charge in [0, 0.05) is 44.6 Å². The average molecular weight is 313 g/mol. The van der Waals surface area contributed by atoms with Crippen LogP contribution in [0.5, 0.6) is 0 Å². The van der Waals surface area contributed by atoms with Gasteiger partial charge < -0.3 is 15.5 Å². The van der Waals surface area contributed by atoms with Crippen molar-refractivity contribution in [1.29, 1.82) is 0 Å². The van der Waals surface area contributed by atoms with E-state index in [4.69, 9.17) is 0 Å². The van der Waals surface area contributed by atoms with Crippen LogP contribution in [-0.4, -0.2) is 41.5 Å². The summed E-state index contributed by atoms with van der Waals surface area (Å²) in [6.45, 7) is 2.46. The maximum atomic E-state index is 12.0. The normalized spacial score (nSPS) is 17.3. The first-order chi connectivity index (χ1) is 11.2. The number of hydrogen-bond donors (Lipinski definition) is 2. The molecule has 1 fully saturated rings. The van der Waals surface area contributed by atoms with Crippen molar-refractivity contribution in [3.05, 3.63) is 48.3 Å². The second-order valence-electron chi connectivity index (χ2n) is 5.94. The first-order valence-electron chi connectivity index (χ1n) is 8.02. The van der Waals surface area contributed by atoms with Gasteiger partial charge in [-0.2, -0.15) is 5.10 Å². The van der Waals surface area contributed by atoms with Crippen molar-refractivity contribution in [2.75, 3.05) is 24.5 Å². The monoisotopic (exact) mass is 313 g/mol. The molecule has 1 aromatic heterocycles. The molecule has 23 heavy (non-hydrogen) atoms. The lowest BCUT2D eigenvalue weighted by atomic mass is 10.2. The van der Waals surface area contributed by atoms with Gasteiger partial charge in [0.15, 0.2) is 0 Å². The summed E-state index contributed by atoms with van der Waals surface area (Å²) < 4.78 is 1.77. The van der Waals surface area contributed by atoms with E-state index in [1.54, 1.807) is 4.68 Å². The fourth-order valence-electron chi connectivity index (χ4n) is 2.91. The molecule has 3 rings (SSSR count). The fourth-order valence-corrected chi connectivity index (χ4v) is 2.91. The van der Waals surface area contributed by atoms with E-state index in [-0.39, 0.29) is 12.1 Å². The van der Waals surface area contributed by atoms with Crippen LogP contribution in [0.25, 0.3) is 0 Å². The SMILES string of the molecule is Cn1cc(CCNC(=O)N[C@H]2CCN(c3ccccc3)C2)cn1. The van der Waals surface area contributed by atoms with Crippen LogP contribution in [0.3, 0.4) is 0 Å². The van der Waals surface area contributed by atoms with E-state index in [0.717, 1.165) is 31.5 Å². The number of anilines is 1. The lowest BCUT2D eigenvalue weighted by Crippen LogP contribution is -2.43. The molecule has 1 saturated heterocycles. The highest BCUT2D eigenvalue weighted by Crippen LogP contribution is 2.19. The molecule has 2 amide bonds. The third kappa shape index (κ3) is 4.25. The van der Waals surface area contributed by atoms with Gasteiger partial charge in [0.25, 0.3) is 0 Å². The van der Waals surface area contributed by atoms with E-state index in [9.17, 15) is 4.79 Å². The maximum Gasteiger partial charge on any atom is 0.315 e. The van der Waals surface area contributed by atoms with Crippen molar-refractivity contribution < 1.29 is 4.79 Å². The largest absolute Gasteiger partial charge is 0.369 e. The summed E-state index contributed by atoms with van der Waals surface area (Å²) in [5, 5.41) is 10.1. The number of urea groups is 1. The number of aryl methyl sites for hydroxylation is 1. The minimum atomic E-state index is -0.0891. The molecule has 1 aliphatic rings. The Morgan fingerprint density at radius 1 is 1.35 bits per heavy atom. The molecule has 6 nitrogen and oxygen atoms in total. The zero-order chi connectivity index (χ0) is 16.1. The highest BCUT2D eigenvalue weighted by Gasteiger charge is 2.23. The number of hydrogen-bond acceptors (Lipinski definition) is 3. The molecular weight excluding hydrogens is 290 g/mol. The van der Waals surface area contributed by atoms with E-state index in [0.29, 0.717) is 6.54 Å². The number of carbonyl (C=O) groups is 1. The number of benzene rings is 1. The van der Waals surface area contributed by atoms with Gasteiger partial charge in [0.1, 0.15) is 0 Å². The first-order valence-corrected chi connectivity index (χ1v) is 8.02. The minimum absolute atomic E-state index is 0.0891. The number of rotatable bonds is 5. The average Bonchev–Trinajstić information content (AvgIpc) is 3.17. The molecule has 2 N–H and O–H groups in total. The van der Waals surface area contributed by atoms with Crippen LogP contribution in [0, 0.1) is 0 Å².